The van der Waals surface area contributed by atoms with E-state index in [1.807, 2.05) is 20.2 Å². The molecule has 0 aliphatic carbocycles. The fraction of sp³-hybridized carbons (Fsp3) is 0.545. The Hall–Kier alpha value is -2.25. The average molecular weight is 264 g/mol. The molecular weight excluding hydrogens is 248 g/mol. The Morgan fingerprint density at radius 1 is 1.47 bits per heavy atom. The highest BCUT2D eigenvalue weighted by molar-refractivity contribution is 5.73. The molecule has 0 bridgehead atoms. The van der Waals surface area contributed by atoms with Gasteiger partial charge in [-0.15, -0.1) is 5.10 Å². The zero-order chi connectivity index (χ0) is 14.2. The quantitative estimate of drug-likeness (QED) is 0.863. The van der Waals surface area contributed by atoms with Crippen molar-refractivity contribution in [1.82, 2.24) is 30.0 Å². The number of carbonyl (C=O) groups is 1. The van der Waals surface area contributed by atoms with Gasteiger partial charge in [-0.3, -0.25) is 9.48 Å². The molecule has 0 atom stereocenters. The molecule has 1 N–H and O–H groups in total. The van der Waals surface area contributed by atoms with Crippen molar-refractivity contribution in [1.29, 1.82) is 0 Å². The van der Waals surface area contributed by atoms with E-state index in [9.17, 15) is 4.79 Å². The summed E-state index contributed by atoms with van der Waals surface area (Å²) >= 11 is 0. The molecule has 8 heteroatoms. The number of tetrazole rings is 1. The van der Waals surface area contributed by atoms with Crippen LogP contribution in [0.4, 0.5) is 0 Å². The lowest BCUT2D eigenvalue weighted by molar-refractivity contribution is -0.147. The van der Waals surface area contributed by atoms with Gasteiger partial charge in [-0.2, -0.15) is 5.10 Å². The fourth-order valence-corrected chi connectivity index (χ4v) is 1.77. The Morgan fingerprint density at radius 3 is 2.68 bits per heavy atom. The number of rotatable bonds is 4. The van der Waals surface area contributed by atoms with Gasteiger partial charge in [-0.25, -0.2) is 4.68 Å². The Labute approximate surface area is 110 Å². The first kappa shape index (κ1) is 13.2. The van der Waals surface area contributed by atoms with Crippen molar-refractivity contribution in [2.75, 3.05) is 0 Å². The molecule has 102 valence electrons. The van der Waals surface area contributed by atoms with Gasteiger partial charge in [0.25, 0.3) is 0 Å². The maximum absolute atomic E-state index is 11.2. The van der Waals surface area contributed by atoms with Crippen molar-refractivity contribution in [2.24, 2.45) is 12.5 Å². The Kier molecular flexibility index (Phi) is 3.09. The van der Waals surface area contributed by atoms with E-state index in [1.165, 1.54) is 4.68 Å². The van der Waals surface area contributed by atoms with Crippen LogP contribution in [-0.4, -0.2) is 41.1 Å². The van der Waals surface area contributed by atoms with E-state index in [-0.39, 0.29) is 6.54 Å². The lowest BCUT2D eigenvalue weighted by atomic mass is 9.94. The highest BCUT2D eigenvalue weighted by atomic mass is 16.4. The summed E-state index contributed by atoms with van der Waals surface area (Å²) in [6.45, 7) is 5.32. The van der Waals surface area contributed by atoms with Gasteiger partial charge in [-0.05, 0) is 31.2 Å². The molecule has 2 heterocycles. The van der Waals surface area contributed by atoms with Crippen LogP contribution in [0.5, 0.6) is 0 Å². The smallest absolute Gasteiger partial charge is 0.310 e. The molecule has 0 aliphatic heterocycles. The van der Waals surface area contributed by atoms with E-state index in [4.69, 9.17) is 5.11 Å². The molecule has 0 fully saturated rings. The number of hydrogen-bond donors (Lipinski definition) is 1. The second kappa shape index (κ2) is 4.45. The van der Waals surface area contributed by atoms with Gasteiger partial charge in [-0.1, -0.05) is 0 Å². The van der Waals surface area contributed by atoms with Crippen LogP contribution >= 0.6 is 0 Å². The molecule has 0 unspecified atom stereocenters. The van der Waals surface area contributed by atoms with Crippen molar-refractivity contribution < 1.29 is 9.90 Å². The number of aryl methyl sites for hydroxylation is 2. The average Bonchev–Trinajstić information content (AvgIpc) is 2.84. The molecule has 2 aromatic rings. The highest BCUT2D eigenvalue weighted by Gasteiger charge is 2.30. The van der Waals surface area contributed by atoms with Crippen LogP contribution in [0.3, 0.4) is 0 Å². The maximum Gasteiger partial charge on any atom is 0.310 e. The van der Waals surface area contributed by atoms with Crippen molar-refractivity contribution >= 4 is 5.97 Å². The van der Waals surface area contributed by atoms with Crippen LogP contribution in [0.1, 0.15) is 19.5 Å². The molecule has 0 radical (unpaired) electrons. The molecule has 2 rings (SSSR count). The number of aliphatic carboxylic acids is 1. The van der Waals surface area contributed by atoms with Gasteiger partial charge in [0, 0.05) is 13.2 Å². The highest BCUT2D eigenvalue weighted by Crippen LogP contribution is 2.23. The standard InChI is InChI=1S/C11H16N6O2/c1-7-8(5-16(4)13-7)9-12-14-15-17(9)6-11(2,3)10(18)19/h5H,6H2,1-4H3,(H,18,19). The van der Waals surface area contributed by atoms with E-state index in [0.29, 0.717) is 5.82 Å². The minimum atomic E-state index is -0.944. The molecule has 2 aromatic heterocycles. The zero-order valence-corrected chi connectivity index (χ0v) is 11.3. The van der Waals surface area contributed by atoms with E-state index < -0.39 is 11.4 Å². The largest absolute Gasteiger partial charge is 0.481 e. The SMILES string of the molecule is Cc1nn(C)cc1-c1nnnn1CC(C)(C)C(=O)O. The fourth-order valence-electron chi connectivity index (χ4n) is 1.77. The van der Waals surface area contributed by atoms with E-state index >= 15 is 0 Å². The number of carboxylic acid groups (broad SMARTS) is 1. The van der Waals surface area contributed by atoms with Crippen molar-refractivity contribution in [3.8, 4) is 11.4 Å². The molecule has 0 saturated heterocycles. The second-order valence-corrected chi connectivity index (χ2v) is 5.15. The normalized spacial score (nSPS) is 11.8. The van der Waals surface area contributed by atoms with Gasteiger partial charge in [0.15, 0.2) is 5.82 Å². The third-order valence-corrected chi connectivity index (χ3v) is 2.91. The molecule has 0 spiro atoms. The molecule has 0 saturated carbocycles. The van der Waals surface area contributed by atoms with E-state index in [0.717, 1.165) is 11.3 Å². The zero-order valence-electron chi connectivity index (χ0n) is 11.3. The summed E-state index contributed by atoms with van der Waals surface area (Å²) in [6, 6.07) is 0. The maximum atomic E-state index is 11.2. The summed E-state index contributed by atoms with van der Waals surface area (Å²) in [5.74, 6) is -0.364. The summed E-state index contributed by atoms with van der Waals surface area (Å²) in [7, 11) is 1.81. The van der Waals surface area contributed by atoms with Crippen LogP contribution in [0.2, 0.25) is 0 Å². The van der Waals surface area contributed by atoms with E-state index in [2.05, 4.69) is 20.6 Å². The number of carboxylic acids is 1. The van der Waals surface area contributed by atoms with Gasteiger partial charge in [0.05, 0.1) is 23.2 Å². The van der Waals surface area contributed by atoms with Gasteiger partial charge in [0.1, 0.15) is 0 Å². The van der Waals surface area contributed by atoms with Crippen molar-refractivity contribution in [3.63, 3.8) is 0 Å². The lowest BCUT2D eigenvalue weighted by Crippen LogP contribution is -2.30. The Morgan fingerprint density at radius 2 is 2.16 bits per heavy atom. The number of nitrogens with zero attached hydrogens (tertiary/aromatic N) is 6. The van der Waals surface area contributed by atoms with Crippen LogP contribution in [0.15, 0.2) is 6.20 Å². The third-order valence-electron chi connectivity index (χ3n) is 2.91. The first-order chi connectivity index (χ1) is 8.81. The molecule has 0 aromatic carbocycles. The lowest BCUT2D eigenvalue weighted by Gasteiger charge is -2.18. The minimum Gasteiger partial charge on any atom is -0.481 e. The van der Waals surface area contributed by atoms with E-state index in [1.54, 1.807) is 18.5 Å². The van der Waals surface area contributed by atoms with Gasteiger partial charge >= 0.3 is 5.97 Å². The summed E-state index contributed by atoms with van der Waals surface area (Å²) in [5.41, 5.74) is 0.653. The number of aromatic nitrogens is 6. The second-order valence-electron chi connectivity index (χ2n) is 5.15. The summed E-state index contributed by atoms with van der Waals surface area (Å²) in [4.78, 5) is 11.2. The van der Waals surface area contributed by atoms with Crippen LogP contribution < -0.4 is 0 Å². The number of hydrogen-bond acceptors (Lipinski definition) is 5. The minimum absolute atomic E-state index is 0.193. The van der Waals surface area contributed by atoms with Crippen LogP contribution in [0, 0.1) is 12.3 Å². The molecule has 0 amide bonds. The Balaban J connectivity index is 2.38. The van der Waals surface area contributed by atoms with Crippen LogP contribution in [-0.2, 0) is 18.4 Å². The summed E-state index contributed by atoms with van der Waals surface area (Å²) < 4.78 is 3.17. The first-order valence-corrected chi connectivity index (χ1v) is 5.81. The molecule has 0 aliphatic rings. The first-order valence-electron chi connectivity index (χ1n) is 5.81. The topological polar surface area (TPSA) is 98.7 Å². The summed E-state index contributed by atoms with van der Waals surface area (Å²) in [5, 5.41) is 24.8. The predicted molar refractivity (Wildman–Crippen MR) is 66.2 cm³/mol. The molecular formula is C11H16N6O2. The van der Waals surface area contributed by atoms with Crippen LogP contribution in [0.25, 0.3) is 11.4 Å². The third kappa shape index (κ3) is 2.47. The van der Waals surface area contributed by atoms with Crippen molar-refractivity contribution in [2.45, 2.75) is 27.3 Å². The summed E-state index contributed by atoms with van der Waals surface area (Å²) in [6.07, 6.45) is 1.81. The monoisotopic (exact) mass is 264 g/mol. The predicted octanol–water partition coefficient (Wildman–Crippen LogP) is 0.493. The molecule has 19 heavy (non-hydrogen) atoms. The molecule has 8 nitrogen and oxygen atoms in total. The van der Waals surface area contributed by atoms with Gasteiger partial charge < -0.3 is 5.11 Å². The van der Waals surface area contributed by atoms with Gasteiger partial charge in [0.2, 0.25) is 0 Å². The Bertz CT molecular complexity index is 612. The van der Waals surface area contributed by atoms with Crippen molar-refractivity contribution in [3.05, 3.63) is 11.9 Å².